The first-order valence-electron chi connectivity index (χ1n) is 7.19. The fourth-order valence-corrected chi connectivity index (χ4v) is 2.71. The summed E-state index contributed by atoms with van der Waals surface area (Å²) in [7, 11) is 0. The van der Waals surface area contributed by atoms with Crippen molar-refractivity contribution < 1.29 is 9.59 Å². The average molecular weight is 354 g/mol. The molecule has 2 amide bonds. The second-order valence-corrected chi connectivity index (χ2v) is 6.02. The topological polar surface area (TPSA) is 70.2 Å². The Labute approximate surface area is 133 Å². The van der Waals surface area contributed by atoms with Crippen molar-refractivity contribution >= 4 is 27.7 Å². The van der Waals surface area contributed by atoms with Gasteiger partial charge in [-0.25, -0.2) is 0 Å². The predicted molar refractivity (Wildman–Crippen MR) is 85.1 cm³/mol. The Kier molecular flexibility index (Phi) is 6.20. The Balaban J connectivity index is 1.67. The molecule has 1 fully saturated rings. The normalized spacial score (nSPS) is 18.0. The molecule has 1 aromatic carbocycles. The molecule has 1 heterocycles. The van der Waals surface area contributed by atoms with Crippen LogP contribution in [0.25, 0.3) is 0 Å². The van der Waals surface area contributed by atoms with Crippen LogP contribution in [0.15, 0.2) is 28.7 Å². The summed E-state index contributed by atoms with van der Waals surface area (Å²) in [5.41, 5.74) is 0.604. The van der Waals surface area contributed by atoms with Crippen LogP contribution < -0.4 is 16.0 Å². The van der Waals surface area contributed by atoms with Crippen molar-refractivity contribution in [2.45, 2.75) is 12.8 Å². The first kappa shape index (κ1) is 16.0. The van der Waals surface area contributed by atoms with Gasteiger partial charge in [0, 0.05) is 29.7 Å². The van der Waals surface area contributed by atoms with Crippen molar-refractivity contribution in [2.24, 2.45) is 5.92 Å². The summed E-state index contributed by atoms with van der Waals surface area (Å²) < 4.78 is 0.869. The highest BCUT2D eigenvalue weighted by molar-refractivity contribution is 9.10. The van der Waals surface area contributed by atoms with Crippen molar-refractivity contribution in [3.05, 3.63) is 34.3 Å². The van der Waals surface area contributed by atoms with Gasteiger partial charge in [-0.15, -0.1) is 0 Å². The highest BCUT2D eigenvalue weighted by Crippen LogP contribution is 2.11. The van der Waals surface area contributed by atoms with E-state index in [2.05, 4.69) is 31.9 Å². The molecule has 114 valence electrons. The fraction of sp³-hybridized carbons (Fsp3) is 0.467. The largest absolute Gasteiger partial charge is 0.354 e. The van der Waals surface area contributed by atoms with E-state index in [1.807, 2.05) is 12.1 Å². The van der Waals surface area contributed by atoms with E-state index in [1.165, 1.54) is 0 Å². The minimum Gasteiger partial charge on any atom is -0.354 e. The Morgan fingerprint density at radius 2 is 2.10 bits per heavy atom. The van der Waals surface area contributed by atoms with Crippen LogP contribution in [0.5, 0.6) is 0 Å². The lowest BCUT2D eigenvalue weighted by Gasteiger charge is -2.21. The third kappa shape index (κ3) is 5.13. The van der Waals surface area contributed by atoms with Crippen LogP contribution in [-0.4, -0.2) is 38.0 Å². The van der Waals surface area contributed by atoms with Crippen LogP contribution in [-0.2, 0) is 4.79 Å². The molecule has 21 heavy (non-hydrogen) atoms. The standard InChI is InChI=1S/C15H20BrN3O2/c16-13-5-1-3-11(9-13)14(20)18-7-8-19-15(21)12-4-2-6-17-10-12/h1,3,5,9,12,17H,2,4,6-8,10H2,(H,18,20)(H,19,21). The van der Waals surface area contributed by atoms with Gasteiger partial charge in [-0.3, -0.25) is 9.59 Å². The molecule has 5 nitrogen and oxygen atoms in total. The number of carbonyl (C=O) groups excluding carboxylic acids is 2. The molecule has 1 saturated heterocycles. The van der Waals surface area contributed by atoms with Crippen molar-refractivity contribution in [2.75, 3.05) is 26.2 Å². The SMILES string of the molecule is O=C(NCCNC(=O)C1CCCNC1)c1cccc(Br)c1. The van der Waals surface area contributed by atoms with Crippen LogP contribution >= 0.6 is 15.9 Å². The van der Waals surface area contributed by atoms with Crippen LogP contribution in [0.3, 0.4) is 0 Å². The number of carbonyl (C=O) groups is 2. The van der Waals surface area contributed by atoms with Gasteiger partial charge in [0.05, 0.1) is 5.92 Å². The van der Waals surface area contributed by atoms with Gasteiger partial charge in [-0.2, -0.15) is 0 Å². The van der Waals surface area contributed by atoms with Crippen LogP contribution in [0.1, 0.15) is 23.2 Å². The lowest BCUT2D eigenvalue weighted by molar-refractivity contribution is -0.125. The van der Waals surface area contributed by atoms with Gasteiger partial charge in [-0.05, 0) is 37.6 Å². The van der Waals surface area contributed by atoms with Crippen LogP contribution in [0.2, 0.25) is 0 Å². The molecule has 1 aliphatic rings. The van der Waals surface area contributed by atoms with E-state index in [0.717, 1.165) is 30.4 Å². The lowest BCUT2D eigenvalue weighted by atomic mass is 9.99. The maximum absolute atomic E-state index is 11.9. The first-order chi connectivity index (χ1) is 10.2. The Morgan fingerprint density at radius 3 is 2.81 bits per heavy atom. The second-order valence-electron chi connectivity index (χ2n) is 5.10. The zero-order valence-electron chi connectivity index (χ0n) is 11.8. The number of rotatable bonds is 5. The number of nitrogens with one attached hydrogen (secondary N) is 3. The summed E-state index contributed by atoms with van der Waals surface area (Å²) in [5.74, 6) is -0.0108. The van der Waals surface area contributed by atoms with Gasteiger partial charge in [-0.1, -0.05) is 22.0 Å². The molecule has 2 rings (SSSR count). The molecule has 0 bridgehead atoms. The van der Waals surface area contributed by atoms with E-state index >= 15 is 0 Å². The highest BCUT2D eigenvalue weighted by atomic mass is 79.9. The van der Waals surface area contributed by atoms with Gasteiger partial charge >= 0.3 is 0 Å². The summed E-state index contributed by atoms with van der Waals surface area (Å²) >= 11 is 3.33. The molecule has 0 radical (unpaired) electrons. The van der Waals surface area contributed by atoms with Gasteiger partial charge in [0.15, 0.2) is 0 Å². The average Bonchev–Trinajstić information content (AvgIpc) is 2.52. The summed E-state index contributed by atoms with van der Waals surface area (Å²) in [6.45, 7) is 2.62. The number of halogens is 1. The van der Waals surface area contributed by atoms with Gasteiger partial charge in [0.2, 0.25) is 5.91 Å². The zero-order chi connectivity index (χ0) is 15.1. The van der Waals surface area contributed by atoms with Gasteiger partial charge < -0.3 is 16.0 Å². The monoisotopic (exact) mass is 353 g/mol. The number of hydrogen-bond donors (Lipinski definition) is 3. The molecular weight excluding hydrogens is 334 g/mol. The maximum atomic E-state index is 11.9. The van der Waals surface area contributed by atoms with E-state index in [-0.39, 0.29) is 17.7 Å². The summed E-state index contributed by atoms with van der Waals surface area (Å²) in [4.78, 5) is 23.8. The van der Waals surface area contributed by atoms with Crippen LogP contribution in [0.4, 0.5) is 0 Å². The fourth-order valence-electron chi connectivity index (χ4n) is 2.31. The molecule has 6 heteroatoms. The molecule has 0 spiro atoms. The van der Waals surface area contributed by atoms with E-state index < -0.39 is 0 Å². The zero-order valence-corrected chi connectivity index (χ0v) is 13.4. The Morgan fingerprint density at radius 1 is 1.29 bits per heavy atom. The molecule has 1 unspecified atom stereocenters. The third-order valence-corrected chi connectivity index (χ3v) is 3.96. The number of piperidine rings is 1. The first-order valence-corrected chi connectivity index (χ1v) is 7.98. The molecular formula is C15H20BrN3O2. The van der Waals surface area contributed by atoms with E-state index in [0.29, 0.717) is 18.7 Å². The van der Waals surface area contributed by atoms with Gasteiger partial charge in [0.1, 0.15) is 0 Å². The van der Waals surface area contributed by atoms with Gasteiger partial charge in [0.25, 0.3) is 5.91 Å². The molecule has 0 saturated carbocycles. The minimum absolute atomic E-state index is 0.0551. The number of amides is 2. The number of hydrogen-bond acceptors (Lipinski definition) is 3. The summed E-state index contributed by atoms with van der Waals surface area (Å²) in [5, 5.41) is 8.88. The smallest absolute Gasteiger partial charge is 0.251 e. The van der Waals surface area contributed by atoms with Crippen molar-refractivity contribution in [3.63, 3.8) is 0 Å². The van der Waals surface area contributed by atoms with E-state index in [9.17, 15) is 9.59 Å². The van der Waals surface area contributed by atoms with E-state index in [4.69, 9.17) is 0 Å². The summed E-state index contributed by atoms with van der Waals surface area (Å²) in [6.07, 6.45) is 1.97. The Bertz CT molecular complexity index is 501. The molecule has 1 aliphatic heterocycles. The molecule has 1 aromatic rings. The molecule has 1 atom stereocenters. The number of benzene rings is 1. The predicted octanol–water partition coefficient (Wildman–Crippen LogP) is 1.29. The lowest BCUT2D eigenvalue weighted by Crippen LogP contribution is -2.42. The molecule has 0 aromatic heterocycles. The van der Waals surface area contributed by atoms with Crippen molar-refractivity contribution in [1.82, 2.24) is 16.0 Å². The van der Waals surface area contributed by atoms with E-state index in [1.54, 1.807) is 12.1 Å². The van der Waals surface area contributed by atoms with Crippen molar-refractivity contribution in [3.8, 4) is 0 Å². The molecule has 0 aliphatic carbocycles. The quantitative estimate of drug-likeness (QED) is 0.698. The van der Waals surface area contributed by atoms with Crippen LogP contribution in [0, 0.1) is 5.92 Å². The minimum atomic E-state index is -0.134. The van der Waals surface area contributed by atoms with Crippen molar-refractivity contribution in [1.29, 1.82) is 0 Å². The summed E-state index contributed by atoms with van der Waals surface area (Å²) in [6, 6.07) is 7.21. The third-order valence-electron chi connectivity index (χ3n) is 3.46. The second kappa shape index (κ2) is 8.14. The molecule has 3 N–H and O–H groups in total. The highest BCUT2D eigenvalue weighted by Gasteiger charge is 2.20. The Hall–Kier alpha value is -1.40. The maximum Gasteiger partial charge on any atom is 0.251 e.